The van der Waals surface area contributed by atoms with Crippen LogP contribution in [0.15, 0.2) is 18.2 Å². The van der Waals surface area contributed by atoms with E-state index in [1.54, 1.807) is 12.1 Å². The number of hydrogen-bond donors (Lipinski definition) is 2. The van der Waals surface area contributed by atoms with Gasteiger partial charge < -0.3 is 15.1 Å². The first kappa shape index (κ1) is 25.8. The number of hydrogen-bond acceptors (Lipinski definition) is 3. The van der Waals surface area contributed by atoms with E-state index >= 15 is 0 Å². The molecule has 4 aliphatic carbocycles. The second-order valence-electron chi connectivity index (χ2n) is 14.0. The molecular weight excluding hydrogens is 465 g/mol. The van der Waals surface area contributed by atoms with Gasteiger partial charge in [0, 0.05) is 18.7 Å². The highest BCUT2D eigenvalue weighted by Crippen LogP contribution is 2.68. The summed E-state index contributed by atoms with van der Waals surface area (Å²) in [5.74, 6) is 2.98. The number of amides is 1. The summed E-state index contributed by atoms with van der Waals surface area (Å²) in [7, 11) is 0. The molecule has 4 fully saturated rings. The second kappa shape index (κ2) is 9.33. The van der Waals surface area contributed by atoms with E-state index in [9.17, 15) is 19.4 Å². The van der Waals surface area contributed by atoms with E-state index in [1.807, 2.05) is 4.90 Å². The van der Waals surface area contributed by atoms with Gasteiger partial charge in [-0.15, -0.1) is 0 Å². The maximum absolute atomic E-state index is 13.6. The molecule has 4 saturated carbocycles. The zero-order valence-electron chi connectivity index (χ0n) is 23.0. The van der Waals surface area contributed by atoms with Crippen LogP contribution in [0.2, 0.25) is 0 Å². The van der Waals surface area contributed by atoms with Crippen LogP contribution < -0.4 is 4.90 Å². The molecule has 5 heteroatoms. The van der Waals surface area contributed by atoms with Crippen LogP contribution in [0.1, 0.15) is 90.5 Å². The van der Waals surface area contributed by atoms with Crippen molar-refractivity contribution in [2.75, 3.05) is 11.4 Å². The molecule has 1 amide bonds. The molecule has 4 nitrogen and oxygen atoms in total. The Hall–Kier alpha value is -1.46. The Bertz CT molecular complexity index is 1040. The van der Waals surface area contributed by atoms with Crippen molar-refractivity contribution in [3.63, 3.8) is 0 Å². The van der Waals surface area contributed by atoms with Gasteiger partial charge in [0.05, 0.1) is 12.2 Å². The molecule has 0 saturated heterocycles. The highest BCUT2D eigenvalue weighted by molar-refractivity contribution is 5.95. The van der Waals surface area contributed by atoms with Gasteiger partial charge in [0.15, 0.2) is 0 Å². The third-order valence-electron chi connectivity index (χ3n) is 12.5. The van der Waals surface area contributed by atoms with Crippen molar-refractivity contribution >= 4 is 11.6 Å². The van der Waals surface area contributed by atoms with E-state index in [4.69, 9.17) is 0 Å². The summed E-state index contributed by atoms with van der Waals surface area (Å²) in [6.45, 7) is 7.98. The van der Waals surface area contributed by atoms with E-state index in [1.165, 1.54) is 31.7 Å². The number of aliphatic hydroxyl groups excluding tert-OH is 2. The number of carbonyl (C=O) groups excluding carboxylic acids is 1. The maximum atomic E-state index is 13.6. The van der Waals surface area contributed by atoms with Crippen molar-refractivity contribution in [2.24, 2.45) is 46.3 Å². The fraction of sp³-hybridized carbons (Fsp3) is 0.781. The summed E-state index contributed by atoms with van der Waals surface area (Å²) in [6.07, 6.45) is 10.3. The highest BCUT2D eigenvalue weighted by atomic mass is 19.1. The molecule has 204 valence electrons. The number of carbonyl (C=O) groups is 1. The molecule has 6 rings (SSSR count). The van der Waals surface area contributed by atoms with Crippen molar-refractivity contribution in [1.82, 2.24) is 0 Å². The highest BCUT2D eigenvalue weighted by Gasteiger charge is 2.62. The Labute approximate surface area is 222 Å². The summed E-state index contributed by atoms with van der Waals surface area (Å²) in [5, 5.41) is 21.8. The normalized spacial score (nSPS) is 43.5. The van der Waals surface area contributed by atoms with Gasteiger partial charge in [-0.1, -0.05) is 20.8 Å². The van der Waals surface area contributed by atoms with Crippen molar-refractivity contribution in [3.05, 3.63) is 29.6 Å². The number of nitrogens with zero attached hydrogens (tertiary/aromatic N) is 1. The van der Waals surface area contributed by atoms with Crippen LogP contribution in [0.25, 0.3) is 0 Å². The van der Waals surface area contributed by atoms with Crippen molar-refractivity contribution < 1.29 is 19.4 Å². The molecule has 1 aromatic rings. The van der Waals surface area contributed by atoms with Crippen LogP contribution in [0.3, 0.4) is 0 Å². The number of halogens is 1. The SMILES string of the molecule is C[C@H](CCC(=O)N1CCc2cc(F)ccc21)[C@H]1CC[C@H]2[C@@H]3[C@H](O)C[C@@H]4C[C@H](O)CC[C@]4(C)[C@H]3CC[C@]12C. The van der Waals surface area contributed by atoms with Gasteiger partial charge in [-0.05, 0) is 134 Å². The zero-order valence-corrected chi connectivity index (χ0v) is 23.0. The molecule has 1 aliphatic heterocycles. The fourth-order valence-corrected chi connectivity index (χ4v) is 10.5. The minimum absolute atomic E-state index is 0.168. The van der Waals surface area contributed by atoms with Crippen LogP contribution >= 0.6 is 0 Å². The van der Waals surface area contributed by atoms with E-state index in [0.717, 1.165) is 49.8 Å². The first-order valence-electron chi connectivity index (χ1n) is 15.1. The molecular formula is C32H46FNO3. The molecule has 5 aliphatic rings. The number of rotatable bonds is 4. The predicted molar refractivity (Wildman–Crippen MR) is 143 cm³/mol. The number of aliphatic hydroxyl groups is 2. The first-order chi connectivity index (χ1) is 17.6. The molecule has 0 aromatic heterocycles. The number of fused-ring (bicyclic) bond motifs is 6. The van der Waals surface area contributed by atoms with Crippen molar-refractivity contribution in [2.45, 2.75) is 104 Å². The van der Waals surface area contributed by atoms with Gasteiger partial charge in [-0.3, -0.25) is 4.79 Å². The Morgan fingerprint density at radius 3 is 2.65 bits per heavy atom. The van der Waals surface area contributed by atoms with Crippen LogP contribution in [0.5, 0.6) is 0 Å². The number of benzene rings is 1. The van der Waals surface area contributed by atoms with Gasteiger partial charge in [-0.25, -0.2) is 4.39 Å². The quantitative estimate of drug-likeness (QED) is 0.512. The van der Waals surface area contributed by atoms with Crippen LogP contribution in [0.4, 0.5) is 10.1 Å². The van der Waals surface area contributed by atoms with Gasteiger partial charge in [0.1, 0.15) is 5.82 Å². The zero-order chi connectivity index (χ0) is 26.1. The Morgan fingerprint density at radius 2 is 1.84 bits per heavy atom. The molecule has 0 spiro atoms. The molecule has 1 heterocycles. The van der Waals surface area contributed by atoms with Crippen LogP contribution in [-0.2, 0) is 11.2 Å². The Kier molecular flexibility index (Phi) is 6.50. The van der Waals surface area contributed by atoms with Gasteiger partial charge >= 0.3 is 0 Å². The molecule has 0 unspecified atom stereocenters. The molecule has 0 bridgehead atoms. The lowest BCUT2D eigenvalue weighted by molar-refractivity contribution is -0.174. The van der Waals surface area contributed by atoms with Crippen LogP contribution in [-0.4, -0.2) is 34.9 Å². The fourth-order valence-electron chi connectivity index (χ4n) is 10.5. The molecule has 10 atom stereocenters. The molecule has 0 radical (unpaired) electrons. The Morgan fingerprint density at radius 1 is 1.08 bits per heavy atom. The lowest BCUT2D eigenvalue weighted by Gasteiger charge is -2.62. The van der Waals surface area contributed by atoms with Crippen molar-refractivity contribution in [3.8, 4) is 0 Å². The van der Waals surface area contributed by atoms with Gasteiger partial charge in [0.2, 0.25) is 5.91 Å². The van der Waals surface area contributed by atoms with E-state index in [-0.39, 0.29) is 34.8 Å². The minimum Gasteiger partial charge on any atom is -0.393 e. The second-order valence-corrected chi connectivity index (χ2v) is 14.0. The summed E-state index contributed by atoms with van der Waals surface area (Å²) in [4.78, 5) is 15.0. The Balaban J connectivity index is 1.13. The lowest BCUT2D eigenvalue weighted by Crippen LogP contribution is -2.58. The first-order valence-corrected chi connectivity index (χ1v) is 15.1. The monoisotopic (exact) mass is 511 g/mol. The van der Waals surface area contributed by atoms with Gasteiger partial charge in [0.25, 0.3) is 0 Å². The smallest absolute Gasteiger partial charge is 0.227 e. The number of anilines is 1. The average Bonchev–Trinajstić information content (AvgIpc) is 3.44. The topological polar surface area (TPSA) is 60.8 Å². The van der Waals surface area contributed by atoms with E-state index < -0.39 is 0 Å². The minimum atomic E-state index is -0.242. The third kappa shape index (κ3) is 4.09. The summed E-state index contributed by atoms with van der Waals surface area (Å²) < 4.78 is 13.6. The molecule has 2 N–H and O–H groups in total. The summed E-state index contributed by atoms with van der Waals surface area (Å²) in [6, 6.07) is 4.78. The average molecular weight is 512 g/mol. The van der Waals surface area contributed by atoms with Gasteiger partial charge in [-0.2, -0.15) is 0 Å². The summed E-state index contributed by atoms with van der Waals surface area (Å²) >= 11 is 0. The van der Waals surface area contributed by atoms with Crippen molar-refractivity contribution in [1.29, 1.82) is 0 Å². The summed E-state index contributed by atoms with van der Waals surface area (Å²) in [5.41, 5.74) is 2.33. The standard InChI is InChI=1S/C32H46FNO3/c1-19(4-9-29(37)34-15-12-20-16-22(33)5-8-27(20)34)24-6-7-25-30-26(11-14-32(24,25)3)31(2)13-10-23(35)17-21(31)18-28(30)36/h5,8,16,19,21,23-26,28,30,35-36H,4,6-7,9-15,17-18H2,1-3H3/t19-,21+,23-,24-,25+,26+,28-,30+,31+,32-/m1/s1. The van der Waals surface area contributed by atoms with E-state index in [0.29, 0.717) is 48.5 Å². The molecule has 37 heavy (non-hydrogen) atoms. The van der Waals surface area contributed by atoms with Crippen LogP contribution in [0, 0.1) is 52.2 Å². The predicted octanol–water partition coefficient (Wildman–Crippen LogP) is 6.12. The van der Waals surface area contributed by atoms with E-state index in [2.05, 4.69) is 20.8 Å². The maximum Gasteiger partial charge on any atom is 0.227 e. The molecule has 1 aromatic carbocycles. The largest absolute Gasteiger partial charge is 0.393 e. The third-order valence-corrected chi connectivity index (χ3v) is 12.5. The lowest BCUT2D eigenvalue weighted by atomic mass is 9.43.